The van der Waals surface area contributed by atoms with E-state index in [2.05, 4.69) is 10.2 Å². The predicted octanol–water partition coefficient (Wildman–Crippen LogP) is 1.23. The summed E-state index contributed by atoms with van der Waals surface area (Å²) >= 11 is 0. The van der Waals surface area contributed by atoms with Gasteiger partial charge in [-0.25, -0.2) is 12.7 Å². The third-order valence-electron chi connectivity index (χ3n) is 4.49. The van der Waals surface area contributed by atoms with Crippen molar-refractivity contribution in [3.05, 3.63) is 29.3 Å². The number of ether oxygens (including phenoxy) is 1. The molecule has 7 nitrogen and oxygen atoms in total. The van der Waals surface area contributed by atoms with Crippen LogP contribution in [0.15, 0.2) is 18.2 Å². The van der Waals surface area contributed by atoms with Crippen LogP contribution in [-0.4, -0.2) is 75.7 Å². The highest BCUT2D eigenvalue weighted by molar-refractivity contribution is 7.88. The van der Waals surface area contributed by atoms with Crippen molar-refractivity contribution in [1.29, 1.82) is 0 Å². The molecule has 0 aliphatic carbocycles. The van der Waals surface area contributed by atoms with E-state index in [0.29, 0.717) is 26.3 Å². The van der Waals surface area contributed by atoms with Crippen LogP contribution in [0.3, 0.4) is 0 Å². The second-order valence-electron chi connectivity index (χ2n) is 6.73. The molecule has 8 heteroatoms. The highest BCUT2D eigenvalue weighted by Gasteiger charge is 2.20. The molecule has 1 heterocycles. The first kappa shape index (κ1) is 20.8. The maximum absolute atomic E-state index is 12.3. The highest BCUT2D eigenvalue weighted by Crippen LogP contribution is 2.16. The second-order valence-corrected chi connectivity index (χ2v) is 8.72. The van der Waals surface area contributed by atoms with Gasteiger partial charge in [0.25, 0.3) is 0 Å². The fourth-order valence-corrected chi connectivity index (χ4v) is 3.67. The van der Waals surface area contributed by atoms with Crippen molar-refractivity contribution in [2.45, 2.75) is 20.3 Å². The van der Waals surface area contributed by atoms with Crippen LogP contribution in [0.5, 0.6) is 0 Å². The number of hydrogen-bond acceptors (Lipinski definition) is 5. The molecule has 1 aliphatic heterocycles. The molecule has 1 aromatic carbocycles. The van der Waals surface area contributed by atoms with Crippen molar-refractivity contribution in [1.82, 2.24) is 9.21 Å². The number of amides is 1. The molecule has 0 aromatic heterocycles. The largest absolute Gasteiger partial charge is 0.379 e. The Labute approximate surface area is 156 Å². The first-order valence-corrected chi connectivity index (χ1v) is 10.7. The Bertz CT molecular complexity index is 715. The molecule has 1 aliphatic rings. The zero-order valence-electron chi connectivity index (χ0n) is 15.8. The summed E-state index contributed by atoms with van der Waals surface area (Å²) in [6.07, 6.45) is 1.32. The predicted molar refractivity (Wildman–Crippen MR) is 103 cm³/mol. The minimum Gasteiger partial charge on any atom is -0.379 e. The standard InChI is InChI=1S/C18H29N3O4S/c1-15-4-5-16(2)17(14-15)19-18(22)6-7-21(26(3,23)24)9-8-20-10-12-25-13-11-20/h4-5,14H,6-13H2,1-3H3,(H,19,22). The van der Waals surface area contributed by atoms with Gasteiger partial charge in [-0.2, -0.15) is 0 Å². The SMILES string of the molecule is Cc1ccc(C)c(NC(=O)CCN(CCN2CCOCC2)S(C)(=O)=O)c1. The number of aryl methyl sites for hydroxylation is 2. The Hall–Kier alpha value is -1.48. The lowest BCUT2D eigenvalue weighted by Crippen LogP contribution is -2.43. The molecule has 0 spiro atoms. The molecule has 0 unspecified atom stereocenters. The topological polar surface area (TPSA) is 79.0 Å². The summed E-state index contributed by atoms with van der Waals surface area (Å²) in [7, 11) is -3.35. The van der Waals surface area contributed by atoms with E-state index >= 15 is 0 Å². The summed E-state index contributed by atoms with van der Waals surface area (Å²) in [6, 6.07) is 5.86. The van der Waals surface area contributed by atoms with Gasteiger partial charge in [-0.1, -0.05) is 12.1 Å². The van der Waals surface area contributed by atoms with Gasteiger partial charge in [0.05, 0.1) is 19.5 Å². The molecule has 0 radical (unpaired) electrons. The minimum absolute atomic E-state index is 0.129. The number of morpholine rings is 1. The zero-order valence-corrected chi connectivity index (χ0v) is 16.6. The van der Waals surface area contributed by atoms with Gasteiger partial charge < -0.3 is 10.1 Å². The summed E-state index contributed by atoms with van der Waals surface area (Å²) in [6.45, 7) is 8.08. The molecular weight excluding hydrogens is 354 g/mol. The van der Waals surface area contributed by atoms with Crippen molar-refractivity contribution in [3.63, 3.8) is 0 Å². The van der Waals surface area contributed by atoms with E-state index in [4.69, 9.17) is 4.74 Å². The number of rotatable bonds is 8. The molecular formula is C18H29N3O4S. The van der Waals surface area contributed by atoms with Crippen LogP contribution >= 0.6 is 0 Å². The third kappa shape index (κ3) is 6.68. The molecule has 0 saturated carbocycles. The van der Waals surface area contributed by atoms with Crippen LogP contribution in [0.1, 0.15) is 17.5 Å². The molecule has 1 saturated heterocycles. The van der Waals surface area contributed by atoms with Gasteiger partial charge >= 0.3 is 0 Å². The first-order valence-electron chi connectivity index (χ1n) is 8.88. The summed E-state index contributed by atoms with van der Waals surface area (Å²) in [4.78, 5) is 14.4. The van der Waals surface area contributed by atoms with Crippen molar-refractivity contribution < 1.29 is 17.9 Å². The van der Waals surface area contributed by atoms with Crippen molar-refractivity contribution in [2.24, 2.45) is 0 Å². The lowest BCUT2D eigenvalue weighted by atomic mass is 10.1. The molecule has 0 atom stereocenters. The lowest BCUT2D eigenvalue weighted by Gasteiger charge is -2.29. The van der Waals surface area contributed by atoms with Crippen LogP contribution < -0.4 is 5.32 Å². The number of sulfonamides is 1. The summed E-state index contributed by atoms with van der Waals surface area (Å²) in [5.41, 5.74) is 2.82. The third-order valence-corrected chi connectivity index (χ3v) is 5.80. The van der Waals surface area contributed by atoms with E-state index in [1.54, 1.807) is 0 Å². The number of benzene rings is 1. The van der Waals surface area contributed by atoms with Gasteiger partial charge in [0.15, 0.2) is 0 Å². The molecule has 1 amide bonds. The molecule has 1 fully saturated rings. The number of carbonyl (C=O) groups excluding carboxylic acids is 1. The maximum atomic E-state index is 12.3. The van der Waals surface area contributed by atoms with Crippen LogP contribution in [0, 0.1) is 13.8 Å². The number of anilines is 1. The van der Waals surface area contributed by atoms with Gasteiger partial charge in [0.2, 0.25) is 15.9 Å². The fraction of sp³-hybridized carbons (Fsp3) is 0.611. The fourth-order valence-electron chi connectivity index (χ4n) is 2.83. The van der Waals surface area contributed by atoms with E-state index in [0.717, 1.165) is 29.9 Å². The molecule has 146 valence electrons. The lowest BCUT2D eigenvalue weighted by molar-refractivity contribution is -0.116. The summed E-state index contributed by atoms with van der Waals surface area (Å²) < 4.78 is 30.7. The van der Waals surface area contributed by atoms with Gasteiger partial charge in [-0.15, -0.1) is 0 Å². The molecule has 0 bridgehead atoms. The van der Waals surface area contributed by atoms with Gasteiger partial charge in [-0.3, -0.25) is 9.69 Å². The Balaban J connectivity index is 1.87. The number of nitrogens with zero attached hydrogens (tertiary/aromatic N) is 2. The average molecular weight is 384 g/mol. The molecule has 26 heavy (non-hydrogen) atoms. The first-order chi connectivity index (χ1) is 12.3. The number of carbonyl (C=O) groups is 1. The Morgan fingerprint density at radius 2 is 1.92 bits per heavy atom. The van der Waals surface area contributed by atoms with Gasteiger partial charge in [0.1, 0.15) is 0 Å². The molecule has 2 rings (SSSR count). The van der Waals surface area contributed by atoms with Gasteiger partial charge in [0, 0.05) is 44.8 Å². The van der Waals surface area contributed by atoms with E-state index in [-0.39, 0.29) is 18.9 Å². The van der Waals surface area contributed by atoms with Crippen LogP contribution in [0.25, 0.3) is 0 Å². The van der Waals surface area contributed by atoms with Gasteiger partial charge in [-0.05, 0) is 31.0 Å². The second kappa shape index (κ2) is 9.45. The quantitative estimate of drug-likeness (QED) is 0.730. The van der Waals surface area contributed by atoms with Crippen LogP contribution in [0.4, 0.5) is 5.69 Å². The van der Waals surface area contributed by atoms with Crippen molar-refractivity contribution in [3.8, 4) is 0 Å². The monoisotopic (exact) mass is 383 g/mol. The summed E-state index contributed by atoms with van der Waals surface area (Å²) in [5.74, 6) is -0.182. The Kier molecular flexibility index (Phi) is 7.57. The Morgan fingerprint density at radius 1 is 1.23 bits per heavy atom. The van der Waals surface area contributed by atoms with E-state index in [1.165, 1.54) is 10.6 Å². The van der Waals surface area contributed by atoms with E-state index in [1.807, 2.05) is 32.0 Å². The van der Waals surface area contributed by atoms with Crippen LogP contribution in [0.2, 0.25) is 0 Å². The molecule has 1 N–H and O–H groups in total. The average Bonchev–Trinajstić information content (AvgIpc) is 2.58. The van der Waals surface area contributed by atoms with Crippen LogP contribution in [-0.2, 0) is 19.6 Å². The normalized spacial score (nSPS) is 16.0. The number of nitrogens with one attached hydrogen (secondary N) is 1. The molecule has 1 aromatic rings. The maximum Gasteiger partial charge on any atom is 0.225 e. The van der Waals surface area contributed by atoms with E-state index < -0.39 is 10.0 Å². The Morgan fingerprint density at radius 3 is 2.58 bits per heavy atom. The van der Waals surface area contributed by atoms with Crippen molar-refractivity contribution in [2.75, 3.05) is 57.5 Å². The highest BCUT2D eigenvalue weighted by atomic mass is 32.2. The zero-order chi connectivity index (χ0) is 19.2. The van der Waals surface area contributed by atoms with E-state index in [9.17, 15) is 13.2 Å². The van der Waals surface area contributed by atoms with Crippen molar-refractivity contribution >= 4 is 21.6 Å². The summed E-state index contributed by atoms with van der Waals surface area (Å²) in [5, 5.41) is 2.88. The minimum atomic E-state index is -3.35. The number of hydrogen-bond donors (Lipinski definition) is 1. The smallest absolute Gasteiger partial charge is 0.225 e.